The van der Waals surface area contributed by atoms with Gasteiger partial charge in [0.1, 0.15) is 6.04 Å². The van der Waals surface area contributed by atoms with Crippen LogP contribution in [-0.4, -0.2) is 33.6 Å². The van der Waals surface area contributed by atoms with Crippen molar-refractivity contribution in [3.8, 4) is 0 Å². The predicted molar refractivity (Wildman–Crippen MR) is 119 cm³/mol. The van der Waals surface area contributed by atoms with Gasteiger partial charge >= 0.3 is 0 Å². The standard InChI is InChI=1S/C21H27ClN4O2S/c1-6-29-21-23-11-15(22)18(26-21)20(28)25-17(9-12(2)3)19(27)24-16-8-7-13(4)10-14(16)5/h7-8,10-12,17H,6,9H2,1-5H3,(H,24,27)(H,25,28)/t17-/m1/s1. The van der Waals surface area contributed by atoms with Crippen molar-refractivity contribution >= 4 is 40.9 Å². The van der Waals surface area contributed by atoms with Crippen LogP contribution >= 0.6 is 23.4 Å². The molecule has 1 atom stereocenters. The summed E-state index contributed by atoms with van der Waals surface area (Å²) in [6, 6.07) is 5.09. The molecule has 29 heavy (non-hydrogen) atoms. The fraction of sp³-hybridized carbons (Fsp3) is 0.429. The average molecular weight is 435 g/mol. The molecule has 2 rings (SSSR count). The van der Waals surface area contributed by atoms with Crippen molar-refractivity contribution < 1.29 is 9.59 Å². The number of nitrogens with zero attached hydrogens (tertiary/aromatic N) is 2. The molecule has 0 fully saturated rings. The lowest BCUT2D eigenvalue weighted by Crippen LogP contribution is -2.45. The number of anilines is 1. The molecule has 0 saturated heterocycles. The van der Waals surface area contributed by atoms with Crippen molar-refractivity contribution in [3.05, 3.63) is 46.2 Å². The highest BCUT2D eigenvalue weighted by molar-refractivity contribution is 7.99. The molecule has 0 saturated carbocycles. The van der Waals surface area contributed by atoms with Gasteiger partial charge in [-0.1, -0.05) is 61.8 Å². The molecule has 8 heteroatoms. The Morgan fingerprint density at radius 3 is 2.59 bits per heavy atom. The minimum atomic E-state index is -0.712. The quantitative estimate of drug-likeness (QED) is 0.467. The number of nitrogens with one attached hydrogen (secondary N) is 2. The zero-order valence-corrected chi connectivity index (χ0v) is 18.9. The van der Waals surface area contributed by atoms with Crippen LogP contribution in [0.3, 0.4) is 0 Å². The van der Waals surface area contributed by atoms with Crippen LogP contribution in [0.25, 0.3) is 0 Å². The molecular formula is C21H27ClN4O2S. The first-order valence-corrected chi connectivity index (χ1v) is 10.9. The van der Waals surface area contributed by atoms with E-state index in [1.165, 1.54) is 18.0 Å². The van der Waals surface area contributed by atoms with Crippen LogP contribution in [0.2, 0.25) is 5.02 Å². The number of halogens is 1. The molecule has 0 spiro atoms. The van der Waals surface area contributed by atoms with E-state index in [4.69, 9.17) is 11.6 Å². The normalized spacial score (nSPS) is 12.0. The summed E-state index contributed by atoms with van der Waals surface area (Å²) in [4.78, 5) is 34.1. The highest BCUT2D eigenvalue weighted by atomic mass is 35.5. The molecule has 1 aromatic carbocycles. The molecule has 0 bridgehead atoms. The SMILES string of the molecule is CCSc1ncc(Cl)c(C(=O)N[C@H](CC(C)C)C(=O)Nc2ccc(C)cc2C)n1. The van der Waals surface area contributed by atoms with Crippen molar-refractivity contribution in [1.82, 2.24) is 15.3 Å². The van der Waals surface area contributed by atoms with Crippen LogP contribution in [0, 0.1) is 19.8 Å². The number of benzene rings is 1. The predicted octanol–water partition coefficient (Wildman–Crippen LogP) is 4.64. The lowest BCUT2D eigenvalue weighted by atomic mass is 10.0. The Kier molecular flexibility index (Phi) is 8.46. The van der Waals surface area contributed by atoms with Gasteiger partial charge in [-0.2, -0.15) is 0 Å². The van der Waals surface area contributed by atoms with Gasteiger partial charge in [-0.05, 0) is 43.6 Å². The second-order valence-electron chi connectivity index (χ2n) is 7.25. The van der Waals surface area contributed by atoms with Gasteiger partial charge in [0.15, 0.2) is 10.9 Å². The Morgan fingerprint density at radius 1 is 1.24 bits per heavy atom. The van der Waals surface area contributed by atoms with Crippen LogP contribution in [0.5, 0.6) is 0 Å². The Bertz CT molecular complexity index is 889. The van der Waals surface area contributed by atoms with Gasteiger partial charge in [0, 0.05) is 5.69 Å². The molecule has 0 unspecified atom stereocenters. The van der Waals surface area contributed by atoms with E-state index >= 15 is 0 Å². The minimum absolute atomic E-state index is 0.0747. The Balaban J connectivity index is 2.20. The van der Waals surface area contributed by atoms with Crippen molar-refractivity contribution in [2.24, 2.45) is 5.92 Å². The molecule has 2 amide bonds. The maximum Gasteiger partial charge on any atom is 0.272 e. The second kappa shape index (κ2) is 10.6. The zero-order valence-electron chi connectivity index (χ0n) is 17.4. The first-order valence-electron chi connectivity index (χ1n) is 9.55. The van der Waals surface area contributed by atoms with Crippen molar-refractivity contribution in [2.75, 3.05) is 11.1 Å². The third-order valence-corrected chi connectivity index (χ3v) is 5.20. The van der Waals surface area contributed by atoms with E-state index < -0.39 is 11.9 Å². The molecular weight excluding hydrogens is 408 g/mol. The van der Waals surface area contributed by atoms with Gasteiger partial charge in [-0.25, -0.2) is 9.97 Å². The summed E-state index contributed by atoms with van der Waals surface area (Å²) in [6.45, 7) is 9.90. The topological polar surface area (TPSA) is 84.0 Å². The molecule has 156 valence electrons. The maximum atomic E-state index is 12.9. The summed E-state index contributed by atoms with van der Waals surface area (Å²) >= 11 is 7.55. The van der Waals surface area contributed by atoms with E-state index in [1.54, 1.807) is 0 Å². The second-order valence-corrected chi connectivity index (χ2v) is 8.88. The Hall–Kier alpha value is -2.12. The monoisotopic (exact) mass is 434 g/mol. The van der Waals surface area contributed by atoms with Crippen LogP contribution in [0.1, 0.15) is 48.8 Å². The van der Waals surface area contributed by atoms with Crippen LogP contribution in [0.15, 0.2) is 29.6 Å². The van der Waals surface area contributed by atoms with Gasteiger partial charge in [0.25, 0.3) is 5.91 Å². The van der Waals surface area contributed by atoms with E-state index in [0.29, 0.717) is 11.6 Å². The Labute approximate surface area is 181 Å². The van der Waals surface area contributed by atoms with Gasteiger partial charge in [0.2, 0.25) is 5.91 Å². The molecule has 2 N–H and O–H groups in total. The van der Waals surface area contributed by atoms with Crippen molar-refractivity contribution in [1.29, 1.82) is 0 Å². The van der Waals surface area contributed by atoms with Crippen LogP contribution < -0.4 is 10.6 Å². The number of thioether (sulfide) groups is 1. The number of hydrogen-bond donors (Lipinski definition) is 2. The lowest BCUT2D eigenvalue weighted by molar-refractivity contribution is -0.118. The number of aryl methyl sites for hydroxylation is 2. The fourth-order valence-electron chi connectivity index (χ4n) is 2.81. The van der Waals surface area contributed by atoms with E-state index in [-0.39, 0.29) is 22.5 Å². The molecule has 0 aliphatic heterocycles. The van der Waals surface area contributed by atoms with Crippen molar-refractivity contribution in [2.45, 2.75) is 52.2 Å². The molecule has 2 aromatic rings. The molecule has 0 radical (unpaired) electrons. The number of rotatable bonds is 8. The summed E-state index contributed by atoms with van der Waals surface area (Å²) in [7, 11) is 0. The Morgan fingerprint density at radius 2 is 1.97 bits per heavy atom. The van der Waals surface area contributed by atoms with Gasteiger partial charge in [-0.15, -0.1) is 0 Å². The zero-order chi connectivity index (χ0) is 21.6. The van der Waals surface area contributed by atoms with Crippen LogP contribution in [-0.2, 0) is 4.79 Å². The summed E-state index contributed by atoms with van der Waals surface area (Å²) in [6.07, 6.45) is 1.90. The largest absolute Gasteiger partial charge is 0.339 e. The molecule has 0 aliphatic carbocycles. The third-order valence-electron chi connectivity index (χ3n) is 4.18. The van der Waals surface area contributed by atoms with Gasteiger partial charge in [-0.3, -0.25) is 9.59 Å². The summed E-state index contributed by atoms with van der Waals surface area (Å²) in [5.74, 6) is 0.220. The molecule has 6 nitrogen and oxygen atoms in total. The van der Waals surface area contributed by atoms with Crippen molar-refractivity contribution in [3.63, 3.8) is 0 Å². The third kappa shape index (κ3) is 6.72. The molecule has 0 aliphatic rings. The fourth-order valence-corrected chi connectivity index (χ4v) is 3.53. The van der Waals surface area contributed by atoms with E-state index in [9.17, 15) is 9.59 Å². The molecule has 1 heterocycles. The number of aromatic nitrogens is 2. The van der Waals surface area contributed by atoms with Gasteiger partial charge in [0.05, 0.1) is 11.2 Å². The van der Waals surface area contributed by atoms with Gasteiger partial charge < -0.3 is 10.6 Å². The van der Waals surface area contributed by atoms with E-state index in [0.717, 1.165) is 22.6 Å². The minimum Gasteiger partial charge on any atom is -0.339 e. The lowest BCUT2D eigenvalue weighted by Gasteiger charge is -2.21. The smallest absolute Gasteiger partial charge is 0.272 e. The highest BCUT2D eigenvalue weighted by Crippen LogP contribution is 2.20. The number of amides is 2. The average Bonchev–Trinajstić information content (AvgIpc) is 2.64. The summed E-state index contributed by atoms with van der Waals surface area (Å²) < 4.78 is 0. The first-order chi connectivity index (χ1) is 13.7. The molecule has 1 aromatic heterocycles. The number of hydrogen-bond acceptors (Lipinski definition) is 5. The number of carbonyl (C=O) groups excluding carboxylic acids is 2. The summed E-state index contributed by atoms with van der Waals surface area (Å²) in [5, 5.41) is 6.34. The number of carbonyl (C=O) groups is 2. The highest BCUT2D eigenvalue weighted by Gasteiger charge is 2.25. The first kappa shape index (κ1) is 23.2. The van der Waals surface area contributed by atoms with Crippen LogP contribution in [0.4, 0.5) is 5.69 Å². The van der Waals surface area contributed by atoms with E-state index in [2.05, 4.69) is 20.6 Å². The van der Waals surface area contributed by atoms with E-state index in [1.807, 2.05) is 52.8 Å². The maximum absolute atomic E-state index is 12.9. The summed E-state index contributed by atoms with van der Waals surface area (Å²) in [5.41, 5.74) is 2.88.